The third-order valence-corrected chi connectivity index (χ3v) is 5.80. The van der Waals surface area contributed by atoms with Gasteiger partial charge in [0.15, 0.2) is 11.6 Å². The van der Waals surface area contributed by atoms with Crippen LogP contribution >= 0.6 is 0 Å². The van der Waals surface area contributed by atoms with Crippen LogP contribution in [0.4, 0.5) is 17.3 Å². The molecule has 2 aromatic rings. The Balaban J connectivity index is 1.51. The molecule has 1 amide bonds. The van der Waals surface area contributed by atoms with Gasteiger partial charge in [-0.2, -0.15) is 9.97 Å². The summed E-state index contributed by atoms with van der Waals surface area (Å²) >= 11 is 0. The summed E-state index contributed by atoms with van der Waals surface area (Å²) < 4.78 is 5.86. The van der Waals surface area contributed by atoms with E-state index in [9.17, 15) is 4.79 Å². The monoisotopic (exact) mass is 424 g/mol. The molecule has 3 N–H and O–H groups in total. The van der Waals surface area contributed by atoms with E-state index in [4.69, 9.17) is 10.5 Å². The van der Waals surface area contributed by atoms with Crippen molar-refractivity contribution in [3.05, 3.63) is 35.4 Å². The van der Waals surface area contributed by atoms with Crippen LogP contribution in [0.15, 0.2) is 24.3 Å². The van der Waals surface area contributed by atoms with Crippen LogP contribution in [-0.4, -0.2) is 46.5 Å². The Hall–Kier alpha value is -2.87. The smallest absolute Gasteiger partial charge is 0.320 e. The Morgan fingerprint density at radius 1 is 1.13 bits per heavy atom. The number of hydrogen-bond donors (Lipinski definition) is 2. The minimum absolute atomic E-state index is 0.00256. The summed E-state index contributed by atoms with van der Waals surface area (Å²) in [5.41, 5.74) is 9.02. The van der Waals surface area contributed by atoms with Crippen LogP contribution in [0.1, 0.15) is 50.7 Å². The number of hydrogen-bond acceptors (Lipinski definition) is 7. The lowest BCUT2D eigenvalue weighted by molar-refractivity contribution is -0.115. The van der Waals surface area contributed by atoms with Crippen molar-refractivity contribution in [2.75, 3.05) is 35.6 Å². The summed E-state index contributed by atoms with van der Waals surface area (Å²) in [6.07, 6.45) is 4.50. The van der Waals surface area contributed by atoms with Gasteiger partial charge in [-0.25, -0.2) is 0 Å². The maximum absolute atomic E-state index is 12.3. The molecule has 0 bridgehead atoms. The van der Waals surface area contributed by atoms with E-state index in [0.29, 0.717) is 18.1 Å². The van der Waals surface area contributed by atoms with Crippen molar-refractivity contribution in [3.8, 4) is 6.01 Å². The van der Waals surface area contributed by atoms with E-state index in [1.54, 1.807) is 0 Å². The molecular formula is C23H32N6O2. The zero-order valence-electron chi connectivity index (χ0n) is 18.4. The van der Waals surface area contributed by atoms with Crippen molar-refractivity contribution in [2.24, 2.45) is 0 Å². The highest BCUT2D eigenvalue weighted by Crippen LogP contribution is 2.34. The van der Waals surface area contributed by atoms with Gasteiger partial charge < -0.3 is 20.7 Å². The van der Waals surface area contributed by atoms with Gasteiger partial charge in [-0.15, -0.1) is 0 Å². The van der Waals surface area contributed by atoms with Gasteiger partial charge in [-0.3, -0.25) is 9.69 Å². The predicted molar refractivity (Wildman–Crippen MR) is 122 cm³/mol. The Morgan fingerprint density at radius 2 is 1.81 bits per heavy atom. The quantitative estimate of drug-likeness (QED) is 0.672. The summed E-state index contributed by atoms with van der Waals surface area (Å²) in [7, 11) is 0. The normalized spacial score (nSPS) is 17.4. The maximum Gasteiger partial charge on any atom is 0.320 e. The lowest BCUT2D eigenvalue weighted by Crippen LogP contribution is -2.39. The second-order valence-corrected chi connectivity index (χ2v) is 8.51. The molecule has 31 heavy (non-hydrogen) atoms. The highest BCUT2D eigenvalue weighted by Gasteiger charge is 2.27. The summed E-state index contributed by atoms with van der Waals surface area (Å²) in [5.74, 6) is 0.705. The minimum atomic E-state index is -0.124. The number of benzene rings is 1. The highest BCUT2D eigenvalue weighted by molar-refractivity contribution is 6.03. The molecule has 1 fully saturated rings. The van der Waals surface area contributed by atoms with Crippen molar-refractivity contribution >= 4 is 23.2 Å². The number of nitrogen functional groups attached to an aromatic ring is 1. The summed E-state index contributed by atoms with van der Waals surface area (Å²) in [5, 5.41) is 2.81. The average molecular weight is 425 g/mol. The fourth-order valence-electron chi connectivity index (χ4n) is 4.22. The van der Waals surface area contributed by atoms with E-state index in [-0.39, 0.29) is 30.4 Å². The molecule has 0 radical (unpaired) electrons. The molecule has 0 unspecified atom stereocenters. The van der Waals surface area contributed by atoms with Crippen LogP contribution in [0.5, 0.6) is 6.01 Å². The number of anilines is 3. The fraction of sp³-hybridized carbons (Fsp3) is 0.522. The van der Waals surface area contributed by atoms with Crippen LogP contribution in [-0.2, 0) is 17.9 Å². The number of carbonyl (C=O) groups is 1. The second kappa shape index (κ2) is 9.51. The first-order chi connectivity index (χ1) is 15.0. The number of ether oxygens (including phenoxy) is 1. The lowest BCUT2D eigenvalue weighted by Gasteiger charge is -2.30. The number of likely N-dealkylation sites (tertiary alicyclic amines) is 1. The standard InChI is InChI=1S/C23H32N6O2/c1-3-6-16(2)31-23-26-21(24)20-22(27-23)29(15-19(30)25-20)14-18-9-7-17(8-10-18)13-28-11-4-5-12-28/h7-10,16H,3-6,11-15H2,1-2H3,(H,25,30)(H2,24,26,27)/t16-/m0/s1. The van der Waals surface area contributed by atoms with E-state index >= 15 is 0 Å². The maximum atomic E-state index is 12.3. The van der Waals surface area contributed by atoms with Crippen molar-refractivity contribution in [1.29, 1.82) is 0 Å². The topological polar surface area (TPSA) is 96.6 Å². The van der Waals surface area contributed by atoms with Gasteiger partial charge in [-0.1, -0.05) is 37.6 Å². The van der Waals surface area contributed by atoms with Crippen molar-refractivity contribution in [3.63, 3.8) is 0 Å². The van der Waals surface area contributed by atoms with E-state index < -0.39 is 0 Å². The minimum Gasteiger partial charge on any atom is -0.460 e. The first-order valence-corrected chi connectivity index (χ1v) is 11.2. The number of fused-ring (bicyclic) bond motifs is 1. The molecular weight excluding hydrogens is 392 g/mol. The molecule has 166 valence electrons. The number of aromatic nitrogens is 2. The van der Waals surface area contributed by atoms with Crippen LogP contribution in [0.3, 0.4) is 0 Å². The fourth-order valence-corrected chi connectivity index (χ4v) is 4.22. The molecule has 1 atom stereocenters. The number of nitrogens with two attached hydrogens (primary N) is 1. The van der Waals surface area contributed by atoms with Crippen LogP contribution in [0.25, 0.3) is 0 Å². The Kier molecular flexibility index (Phi) is 6.56. The molecule has 0 aliphatic carbocycles. The molecule has 0 spiro atoms. The first kappa shape index (κ1) is 21.4. The van der Waals surface area contributed by atoms with Crippen molar-refractivity contribution in [1.82, 2.24) is 14.9 Å². The average Bonchev–Trinajstić information content (AvgIpc) is 3.23. The lowest BCUT2D eigenvalue weighted by atomic mass is 10.1. The molecule has 2 aliphatic rings. The molecule has 1 aromatic carbocycles. The molecule has 2 aliphatic heterocycles. The van der Waals surface area contributed by atoms with Gasteiger partial charge in [0.2, 0.25) is 5.91 Å². The van der Waals surface area contributed by atoms with E-state index in [0.717, 1.165) is 24.9 Å². The molecule has 8 heteroatoms. The van der Waals surface area contributed by atoms with Gasteiger partial charge in [0.1, 0.15) is 5.69 Å². The Morgan fingerprint density at radius 3 is 2.48 bits per heavy atom. The molecule has 1 saturated heterocycles. The molecule has 3 heterocycles. The largest absolute Gasteiger partial charge is 0.460 e. The summed E-state index contributed by atoms with van der Waals surface area (Å²) in [4.78, 5) is 25.5. The molecule has 8 nitrogen and oxygen atoms in total. The van der Waals surface area contributed by atoms with Crippen molar-refractivity contribution < 1.29 is 9.53 Å². The zero-order chi connectivity index (χ0) is 21.8. The summed E-state index contributed by atoms with van der Waals surface area (Å²) in [6.45, 7) is 8.23. The number of nitrogens with zero attached hydrogens (tertiary/aromatic N) is 4. The second-order valence-electron chi connectivity index (χ2n) is 8.51. The number of rotatable bonds is 8. The number of nitrogens with one attached hydrogen (secondary N) is 1. The van der Waals surface area contributed by atoms with Crippen LogP contribution < -0.4 is 20.7 Å². The highest BCUT2D eigenvalue weighted by atomic mass is 16.5. The third-order valence-electron chi connectivity index (χ3n) is 5.80. The van der Waals surface area contributed by atoms with Gasteiger partial charge in [0.25, 0.3) is 0 Å². The SMILES string of the molecule is CCC[C@H](C)Oc1nc(N)c2c(n1)N(Cc1ccc(CN3CCCC3)cc1)CC(=O)N2. The first-order valence-electron chi connectivity index (χ1n) is 11.2. The van der Waals surface area contributed by atoms with E-state index in [2.05, 4.69) is 51.4 Å². The van der Waals surface area contributed by atoms with Crippen LogP contribution in [0.2, 0.25) is 0 Å². The number of carbonyl (C=O) groups excluding carboxylic acids is 1. The van der Waals surface area contributed by atoms with E-state index in [1.807, 2.05) is 11.8 Å². The zero-order valence-corrected chi connectivity index (χ0v) is 18.4. The third kappa shape index (κ3) is 5.25. The van der Waals surface area contributed by atoms with E-state index in [1.165, 1.54) is 31.5 Å². The molecule has 0 saturated carbocycles. The van der Waals surface area contributed by atoms with Gasteiger partial charge >= 0.3 is 6.01 Å². The van der Waals surface area contributed by atoms with Gasteiger partial charge in [0, 0.05) is 13.1 Å². The van der Waals surface area contributed by atoms with Crippen molar-refractivity contribution in [2.45, 2.75) is 58.7 Å². The summed E-state index contributed by atoms with van der Waals surface area (Å²) in [6, 6.07) is 8.85. The van der Waals surface area contributed by atoms with Gasteiger partial charge in [0.05, 0.1) is 12.6 Å². The number of amides is 1. The molecule has 4 rings (SSSR count). The van der Waals surface area contributed by atoms with Crippen LogP contribution in [0, 0.1) is 0 Å². The Bertz CT molecular complexity index is 911. The van der Waals surface area contributed by atoms with Gasteiger partial charge in [-0.05, 0) is 50.4 Å². The Labute approximate surface area is 183 Å². The molecule has 1 aromatic heterocycles. The predicted octanol–water partition coefficient (Wildman–Crippen LogP) is 3.18.